The number of halogens is 1. The summed E-state index contributed by atoms with van der Waals surface area (Å²) in [6, 6.07) is 7.51. The Balaban J connectivity index is 2.08. The van der Waals surface area contributed by atoms with Crippen LogP contribution in [0.1, 0.15) is 20.8 Å². The van der Waals surface area contributed by atoms with E-state index in [9.17, 15) is 4.79 Å². The molecule has 0 radical (unpaired) electrons. The van der Waals surface area contributed by atoms with Crippen LogP contribution in [0.4, 0.5) is 5.69 Å². The molecule has 94 valence electrons. The Kier molecular flexibility index (Phi) is 4.04. The van der Waals surface area contributed by atoms with Crippen LogP contribution in [0.5, 0.6) is 0 Å². The minimum absolute atomic E-state index is 0.396. The fourth-order valence-corrected chi connectivity index (χ4v) is 3.03. The molecule has 0 aliphatic carbocycles. The summed E-state index contributed by atoms with van der Waals surface area (Å²) in [5, 5.41) is 5.40. The van der Waals surface area contributed by atoms with Crippen molar-refractivity contribution in [2.45, 2.75) is 13.5 Å². The molecule has 2 aromatic rings. The molecule has 0 aliphatic heterocycles. The Labute approximate surface area is 118 Å². The minimum Gasteiger partial charge on any atom is -0.380 e. The van der Waals surface area contributed by atoms with Gasteiger partial charge in [-0.25, -0.2) is 0 Å². The number of carbonyl (C=O) groups excluding carboxylic acids is 1. The molecule has 0 fully saturated rings. The van der Waals surface area contributed by atoms with E-state index in [1.54, 1.807) is 23.5 Å². The van der Waals surface area contributed by atoms with Crippen molar-refractivity contribution in [1.29, 1.82) is 0 Å². The number of hydrogen-bond donors (Lipinski definition) is 2. The summed E-state index contributed by atoms with van der Waals surface area (Å²) in [4.78, 5) is 12.3. The number of hydrogen-bond acceptors (Lipinski definition) is 3. The Morgan fingerprint density at radius 3 is 2.78 bits per heavy atom. The molecule has 0 spiro atoms. The van der Waals surface area contributed by atoms with Crippen LogP contribution < -0.4 is 11.1 Å². The third kappa shape index (κ3) is 3.11. The van der Waals surface area contributed by atoms with Gasteiger partial charge in [0, 0.05) is 32.5 Å². The second-order valence-corrected chi connectivity index (χ2v) is 5.89. The monoisotopic (exact) mass is 324 g/mol. The van der Waals surface area contributed by atoms with Crippen LogP contribution >= 0.6 is 27.3 Å². The van der Waals surface area contributed by atoms with Gasteiger partial charge in [-0.15, -0.1) is 11.3 Å². The summed E-state index contributed by atoms with van der Waals surface area (Å²) >= 11 is 5.13. The highest BCUT2D eigenvalue weighted by Gasteiger charge is 2.04. The summed E-state index contributed by atoms with van der Waals surface area (Å²) in [6.45, 7) is 2.73. The summed E-state index contributed by atoms with van der Waals surface area (Å²) in [5.41, 5.74) is 7.81. The predicted molar refractivity (Wildman–Crippen MR) is 79.0 cm³/mol. The van der Waals surface area contributed by atoms with Crippen LogP contribution in [0.2, 0.25) is 0 Å². The normalized spacial score (nSPS) is 10.3. The van der Waals surface area contributed by atoms with Crippen molar-refractivity contribution in [3.8, 4) is 0 Å². The number of carbonyl (C=O) groups is 1. The molecule has 1 heterocycles. The number of nitrogens with two attached hydrogens (primary N) is 1. The third-order valence-corrected chi connectivity index (χ3v) is 4.28. The number of rotatable bonds is 4. The van der Waals surface area contributed by atoms with Gasteiger partial charge in [0.2, 0.25) is 5.91 Å². The number of anilines is 1. The number of amides is 1. The first kappa shape index (κ1) is 13.1. The van der Waals surface area contributed by atoms with E-state index >= 15 is 0 Å². The Morgan fingerprint density at radius 1 is 1.44 bits per heavy atom. The summed E-state index contributed by atoms with van der Waals surface area (Å²) in [7, 11) is 0. The maximum Gasteiger partial charge on any atom is 0.248 e. The molecule has 0 saturated heterocycles. The number of thiophene rings is 1. The first-order valence-corrected chi connectivity index (χ1v) is 7.11. The average molecular weight is 325 g/mol. The summed E-state index contributed by atoms with van der Waals surface area (Å²) in [6.07, 6.45) is 0. The minimum atomic E-state index is -0.396. The number of primary amides is 1. The SMILES string of the molecule is Cc1cc(C(N)=O)ccc1NCc1cc(Br)cs1. The second-order valence-electron chi connectivity index (χ2n) is 3.98. The van der Waals surface area contributed by atoms with E-state index in [1.807, 2.05) is 13.0 Å². The van der Waals surface area contributed by atoms with Gasteiger partial charge in [0.15, 0.2) is 0 Å². The van der Waals surface area contributed by atoms with E-state index in [-0.39, 0.29) is 0 Å². The summed E-state index contributed by atoms with van der Waals surface area (Å²) in [5.74, 6) is -0.396. The maximum absolute atomic E-state index is 11.0. The lowest BCUT2D eigenvalue weighted by molar-refractivity contribution is 0.1000. The van der Waals surface area contributed by atoms with Crippen molar-refractivity contribution in [3.05, 3.63) is 50.1 Å². The van der Waals surface area contributed by atoms with Crippen LogP contribution in [-0.4, -0.2) is 5.91 Å². The van der Waals surface area contributed by atoms with Crippen molar-refractivity contribution in [3.63, 3.8) is 0 Å². The van der Waals surface area contributed by atoms with Crippen LogP contribution in [0, 0.1) is 6.92 Å². The smallest absolute Gasteiger partial charge is 0.248 e. The molecular weight excluding hydrogens is 312 g/mol. The van der Waals surface area contributed by atoms with E-state index in [4.69, 9.17) is 5.73 Å². The highest BCUT2D eigenvalue weighted by Crippen LogP contribution is 2.22. The molecule has 18 heavy (non-hydrogen) atoms. The fraction of sp³-hybridized carbons (Fsp3) is 0.154. The molecule has 0 saturated carbocycles. The molecular formula is C13H13BrN2OS. The highest BCUT2D eigenvalue weighted by molar-refractivity contribution is 9.10. The average Bonchev–Trinajstić information content (AvgIpc) is 2.73. The molecule has 2 rings (SSSR count). The molecule has 0 aliphatic rings. The van der Waals surface area contributed by atoms with E-state index in [1.165, 1.54) is 4.88 Å². The quantitative estimate of drug-likeness (QED) is 0.903. The number of aryl methyl sites for hydroxylation is 1. The molecule has 1 aromatic heterocycles. The maximum atomic E-state index is 11.0. The van der Waals surface area contributed by atoms with E-state index in [0.29, 0.717) is 5.56 Å². The topological polar surface area (TPSA) is 55.1 Å². The molecule has 1 aromatic carbocycles. The lowest BCUT2D eigenvalue weighted by atomic mass is 10.1. The fourth-order valence-electron chi connectivity index (χ4n) is 1.64. The first-order valence-electron chi connectivity index (χ1n) is 5.43. The lowest BCUT2D eigenvalue weighted by Gasteiger charge is -2.09. The Morgan fingerprint density at radius 2 is 2.22 bits per heavy atom. The zero-order valence-corrected chi connectivity index (χ0v) is 12.3. The summed E-state index contributed by atoms with van der Waals surface area (Å²) < 4.78 is 1.10. The highest BCUT2D eigenvalue weighted by atomic mass is 79.9. The molecule has 0 unspecified atom stereocenters. The number of nitrogens with one attached hydrogen (secondary N) is 1. The van der Waals surface area contributed by atoms with E-state index in [0.717, 1.165) is 22.3 Å². The van der Waals surface area contributed by atoms with Gasteiger partial charge in [0.05, 0.1) is 0 Å². The molecule has 0 bridgehead atoms. The first-order chi connectivity index (χ1) is 8.56. The van der Waals surface area contributed by atoms with E-state index < -0.39 is 5.91 Å². The van der Waals surface area contributed by atoms with Crippen LogP contribution in [-0.2, 0) is 6.54 Å². The van der Waals surface area contributed by atoms with Crippen molar-refractivity contribution in [2.75, 3.05) is 5.32 Å². The van der Waals surface area contributed by atoms with E-state index in [2.05, 4.69) is 32.7 Å². The molecule has 1 amide bonds. The van der Waals surface area contributed by atoms with Crippen molar-refractivity contribution in [1.82, 2.24) is 0 Å². The van der Waals surface area contributed by atoms with Crippen molar-refractivity contribution in [2.24, 2.45) is 5.73 Å². The molecule has 3 N–H and O–H groups in total. The second kappa shape index (κ2) is 5.54. The van der Waals surface area contributed by atoms with Gasteiger partial charge in [0.1, 0.15) is 0 Å². The predicted octanol–water partition coefficient (Wildman–Crippen LogP) is 3.53. The molecule has 5 heteroatoms. The zero-order chi connectivity index (χ0) is 13.1. The van der Waals surface area contributed by atoms with Gasteiger partial charge in [-0.05, 0) is 52.7 Å². The van der Waals surface area contributed by atoms with Crippen LogP contribution in [0.25, 0.3) is 0 Å². The van der Waals surface area contributed by atoms with Gasteiger partial charge in [-0.2, -0.15) is 0 Å². The van der Waals surface area contributed by atoms with Crippen LogP contribution in [0.3, 0.4) is 0 Å². The Bertz CT molecular complexity index is 580. The van der Waals surface area contributed by atoms with Crippen molar-refractivity contribution < 1.29 is 4.79 Å². The van der Waals surface area contributed by atoms with Gasteiger partial charge >= 0.3 is 0 Å². The Hall–Kier alpha value is -1.33. The van der Waals surface area contributed by atoms with Crippen LogP contribution in [0.15, 0.2) is 34.1 Å². The van der Waals surface area contributed by atoms with Gasteiger partial charge in [-0.3, -0.25) is 4.79 Å². The lowest BCUT2D eigenvalue weighted by Crippen LogP contribution is -2.11. The number of benzene rings is 1. The largest absolute Gasteiger partial charge is 0.380 e. The molecule has 3 nitrogen and oxygen atoms in total. The molecule has 0 atom stereocenters. The van der Waals surface area contributed by atoms with Gasteiger partial charge < -0.3 is 11.1 Å². The zero-order valence-electron chi connectivity index (χ0n) is 9.87. The van der Waals surface area contributed by atoms with Crippen molar-refractivity contribution >= 4 is 38.9 Å². The van der Waals surface area contributed by atoms with Gasteiger partial charge in [0.25, 0.3) is 0 Å². The standard InChI is InChI=1S/C13H13BrN2OS/c1-8-4-9(13(15)17)2-3-12(8)16-6-11-5-10(14)7-18-11/h2-5,7,16H,6H2,1H3,(H2,15,17). The third-order valence-electron chi connectivity index (χ3n) is 2.59. The van der Waals surface area contributed by atoms with Gasteiger partial charge in [-0.1, -0.05) is 0 Å².